The van der Waals surface area contributed by atoms with E-state index in [1.165, 1.54) is 6.92 Å². The van der Waals surface area contributed by atoms with Crippen molar-refractivity contribution in [1.29, 1.82) is 0 Å². The third-order valence-corrected chi connectivity index (χ3v) is 3.37. The second-order valence-electron chi connectivity index (χ2n) is 2.36. The molecule has 0 aliphatic carbocycles. The molecule has 0 bridgehead atoms. The van der Waals surface area contributed by atoms with Crippen LogP contribution in [0, 0.1) is 0 Å². The number of nitrogens with zero attached hydrogens (tertiary/aromatic N) is 1. The number of sulfonamides is 1. The number of likely N-dealkylation sites (N-methyl/N-ethyl adjacent to an activating group) is 1. The second-order valence-corrected chi connectivity index (χ2v) is 4.25. The summed E-state index contributed by atoms with van der Waals surface area (Å²) < 4.78 is 34.7. The maximum Gasteiger partial charge on any atom is 0.266 e. The molecule has 0 aromatic heterocycles. The van der Waals surface area contributed by atoms with Crippen molar-refractivity contribution in [3.63, 3.8) is 0 Å². The molecule has 0 spiro atoms. The number of carbonyl (C=O) groups excluding carboxylic acids is 1. The van der Waals surface area contributed by atoms with E-state index in [0.717, 1.165) is 0 Å². The molecular weight excluding hydrogens is 185 g/mol. The number of hydrogen-bond acceptors (Lipinski definition) is 3. The molecule has 0 saturated carbocycles. The Morgan fingerprint density at radius 2 is 2.25 bits per heavy atom. The van der Waals surface area contributed by atoms with Crippen LogP contribution in [0.4, 0.5) is 4.39 Å². The van der Waals surface area contributed by atoms with E-state index in [-0.39, 0.29) is 18.4 Å². The van der Waals surface area contributed by atoms with Gasteiger partial charge in [0.05, 0.1) is 11.9 Å². The van der Waals surface area contributed by atoms with Gasteiger partial charge in [0.15, 0.2) is 0 Å². The molecule has 12 heavy (non-hydrogen) atoms. The Labute approximate surface area is 69.7 Å². The normalized spacial score (nSPS) is 25.3. The zero-order valence-corrected chi connectivity index (χ0v) is 7.27. The van der Waals surface area contributed by atoms with Crippen molar-refractivity contribution in [2.24, 2.45) is 0 Å². The van der Waals surface area contributed by atoms with Crippen LogP contribution in [0.5, 0.6) is 0 Å². The van der Waals surface area contributed by atoms with E-state index in [2.05, 4.69) is 0 Å². The van der Waals surface area contributed by atoms with E-state index in [0.29, 0.717) is 4.31 Å². The average Bonchev–Trinajstić information content (AvgIpc) is 2.21. The fourth-order valence-corrected chi connectivity index (χ4v) is 2.54. The van der Waals surface area contributed by atoms with Crippen molar-refractivity contribution >= 4 is 15.9 Å². The molecule has 0 unspecified atom stereocenters. The summed E-state index contributed by atoms with van der Waals surface area (Å²) in [7, 11) is -3.57. The summed E-state index contributed by atoms with van der Waals surface area (Å²) in [5.74, 6) is -1.27. The maximum atomic E-state index is 11.9. The molecule has 1 heterocycles. The van der Waals surface area contributed by atoms with Crippen molar-refractivity contribution in [2.75, 3.05) is 12.3 Å². The molecule has 0 aromatic rings. The van der Waals surface area contributed by atoms with Crippen molar-refractivity contribution in [3.05, 3.63) is 11.9 Å². The summed E-state index contributed by atoms with van der Waals surface area (Å²) in [6.07, 6.45) is 0.0511. The first-order valence-electron chi connectivity index (χ1n) is 3.37. The van der Waals surface area contributed by atoms with Gasteiger partial charge in [-0.15, -0.1) is 0 Å². The van der Waals surface area contributed by atoms with E-state index in [4.69, 9.17) is 0 Å². The molecule has 0 aromatic carbocycles. The summed E-state index contributed by atoms with van der Waals surface area (Å²) in [5, 5.41) is 0. The highest BCUT2D eigenvalue weighted by molar-refractivity contribution is 7.90. The molecule has 0 radical (unpaired) electrons. The van der Waals surface area contributed by atoms with Crippen LogP contribution in [0.1, 0.15) is 6.92 Å². The number of amides is 1. The molecule has 1 rings (SSSR count). The zero-order chi connectivity index (χ0) is 9.35. The van der Waals surface area contributed by atoms with Gasteiger partial charge in [-0.3, -0.25) is 4.79 Å². The van der Waals surface area contributed by atoms with Gasteiger partial charge >= 0.3 is 0 Å². The van der Waals surface area contributed by atoms with Gasteiger partial charge in [-0.05, 0) is 6.92 Å². The molecule has 6 heteroatoms. The highest BCUT2D eigenvalue weighted by atomic mass is 32.2. The largest absolute Gasteiger partial charge is 0.268 e. The molecule has 1 saturated heterocycles. The molecule has 1 fully saturated rings. The number of rotatable bonds is 1. The van der Waals surface area contributed by atoms with Crippen LogP contribution in [-0.2, 0) is 14.8 Å². The fraction of sp³-hybridized carbons (Fsp3) is 0.500. The zero-order valence-electron chi connectivity index (χ0n) is 6.45. The van der Waals surface area contributed by atoms with Crippen molar-refractivity contribution < 1.29 is 17.6 Å². The van der Waals surface area contributed by atoms with Crippen LogP contribution in [0.25, 0.3) is 0 Å². The van der Waals surface area contributed by atoms with Crippen LogP contribution in [0.2, 0.25) is 0 Å². The van der Waals surface area contributed by atoms with Gasteiger partial charge < -0.3 is 0 Å². The Hall–Kier alpha value is -0.910. The van der Waals surface area contributed by atoms with Gasteiger partial charge in [-0.2, -0.15) is 0 Å². The average molecular weight is 193 g/mol. The number of carbonyl (C=O) groups is 1. The number of hydrogen-bond donors (Lipinski definition) is 0. The molecular formula is C6H8FNO3S. The standard InChI is InChI=1S/C6H8FNO3S/c1-2-8-6(9)5(3-7)4-12(8,10)11/h3H,2,4H2,1H3/b5-3-. The lowest BCUT2D eigenvalue weighted by atomic mass is 10.3. The first-order valence-corrected chi connectivity index (χ1v) is 4.98. The number of halogens is 1. The molecule has 68 valence electrons. The predicted molar refractivity (Wildman–Crippen MR) is 40.4 cm³/mol. The van der Waals surface area contributed by atoms with E-state index in [9.17, 15) is 17.6 Å². The lowest BCUT2D eigenvalue weighted by Gasteiger charge is -2.09. The van der Waals surface area contributed by atoms with Crippen LogP contribution >= 0.6 is 0 Å². The smallest absolute Gasteiger partial charge is 0.266 e. The van der Waals surface area contributed by atoms with Crippen molar-refractivity contribution in [2.45, 2.75) is 6.92 Å². The summed E-state index contributed by atoms with van der Waals surface area (Å²) in [4.78, 5) is 11.0. The third-order valence-electron chi connectivity index (χ3n) is 1.59. The monoisotopic (exact) mass is 193 g/mol. The lowest BCUT2D eigenvalue weighted by molar-refractivity contribution is -0.121. The Morgan fingerprint density at radius 3 is 2.50 bits per heavy atom. The molecule has 0 atom stereocenters. The Balaban J connectivity index is 3.13. The van der Waals surface area contributed by atoms with E-state index < -0.39 is 21.7 Å². The lowest BCUT2D eigenvalue weighted by Crippen LogP contribution is -2.29. The highest BCUT2D eigenvalue weighted by Gasteiger charge is 2.38. The van der Waals surface area contributed by atoms with Crippen LogP contribution in [-0.4, -0.2) is 30.9 Å². The van der Waals surface area contributed by atoms with Gasteiger partial charge in [0.2, 0.25) is 10.0 Å². The van der Waals surface area contributed by atoms with E-state index >= 15 is 0 Å². The van der Waals surface area contributed by atoms with Crippen LogP contribution in [0.3, 0.4) is 0 Å². The maximum absolute atomic E-state index is 11.9. The Kier molecular flexibility index (Phi) is 2.18. The minimum atomic E-state index is -3.57. The van der Waals surface area contributed by atoms with Gasteiger partial charge in [0.1, 0.15) is 5.75 Å². The summed E-state index contributed by atoms with van der Waals surface area (Å²) >= 11 is 0. The van der Waals surface area contributed by atoms with Gasteiger partial charge in [-0.25, -0.2) is 17.1 Å². The van der Waals surface area contributed by atoms with Crippen LogP contribution < -0.4 is 0 Å². The van der Waals surface area contributed by atoms with Gasteiger partial charge in [-0.1, -0.05) is 0 Å². The minimum Gasteiger partial charge on any atom is -0.268 e. The first kappa shape index (κ1) is 9.18. The molecule has 0 N–H and O–H groups in total. The topological polar surface area (TPSA) is 54.5 Å². The minimum absolute atomic E-state index is 0.0511. The fourth-order valence-electron chi connectivity index (χ4n) is 1.04. The summed E-state index contributed by atoms with van der Waals surface area (Å²) in [6, 6.07) is 0. The Morgan fingerprint density at radius 1 is 1.67 bits per heavy atom. The summed E-state index contributed by atoms with van der Waals surface area (Å²) in [6.45, 7) is 1.58. The quantitative estimate of drug-likeness (QED) is 0.552. The summed E-state index contributed by atoms with van der Waals surface area (Å²) in [5.41, 5.74) is -0.295. The molecule has 4 nitrogen and oxygen atoms in total. The van der Waals surface area contributed by atoms with E-state index in [1.54, 1.807) is 0 Å². The van der Waals surface area contributed by atoms with Gasteiger partial charge in [0.25, 0.3) is 5.91 Å². The highest BCUT2D eigenvalue weighted by Crippen LogP contribution is 2.19. The predicted octanol–water partition coefficient (Wildman–Crippen LogP) is 0.0317. The van der Waals surface area contributed by atoms with Gasteiger partial charge in [0, 0.05) is 6.54 Å². The second kappa shape index (κ2) is 2.85. The molecule has 1 aliphatic rings. The molecule has 1 aliphatic heterocycles. The first-order chi connectivity index (χ1) is 5.53. The van der Waals surface area contributed by atoms with Crippen molar-refractivity contribution in [1.82, 2.24) is 4.31 Å². The van der Waals surface area contributed by atoms with Crippen molar-refractivity contribution in [3.8, 4) is 0 Å². The van der Waals surface area contributed by atoms with Crippen LogP contribution in [0.15, 0.2) is 11.9 Å². The van der Waals surface area contributed by atoms with E-state index in [1.807, 2.05) is 0 Å². The SMILES string of the molecule is CCN1C(=O)/C(=C\F)CS1(=O)=O. The molecule has 1 amide bonds. The Bertz CT molecular complexity index is 333. The third kappa shape index (κ3) is 1.22.